The highest BCUT2D eigenvalue weighted by molar-refractivity contribution is 5.46. The lowest BCUT2D eigenvalue weighted by molar-refractivity contribution is 0.291. The lowest BCUT2D eigenvalue weighted by atomic mass is 9.83. The van der Waals surface area contributed by atoms with E-state index >= 15 is 0 Å². The molecule has 1 heterocycles. The molecular formula is C18H27NO. The van der Waals surface area contributed by atoms with E-state index in [0.29, 0.717) is 6.04 Å². The third-order valence-corrected chi connectivity index (χ3v) is 4.98. The Bertz CT molecular complexity index is 474. The van der Waals surface area contributed by atoms with Crippen molar-refractivity contribution < 1.29 is 4.74 Å². The van der Waals surface area contributed by atoms with Gasteiger partial charge in [0.05, 0.1) is 6.61 Å². The van der Waals surface area contributed by atoms with Gasteiger partial charge in [-0.05, 0) is 43.0 Å². The lowest BCUT2D eigenvalue weighted by Crippen LogP contribution is -2.27. The molecule has 0 radical (unpaired) electrons. The molecule has 0 aromatic heterocycles. The average Bonchev–Trinajstić information content (AvgIpc) is 3.05. The van der Waals surface area contributed by atoms with Crippen molar-refractivity contribution in [2.45, 2.75) is 57.9 Å². The van der Waals surface area contributed by atoms with Gasteiger partial charge in [0.15, 0.2) is 0 Å². The zero-order valence-electron chi connectivity index (χ0n) is 13.0. The van der Waals surface area contributed by atoms with Gasteiger partial charge in [-0.15, -0.1) is 0 Å². The molecule has 3 rings (SSSR count). The van der Waals surface area contributed by atoms with Crippen LogP contribution >= 0.6 is 0 Å². The molecule has 2 aliphatic rings. The van der Waals surface area contributed by atoms with Crippen molar-refractivity contribution in [1.29, 1.82) is 0 Å². The number of ether oxygens (including phenoxy) is 1. The fourth-order valence-corrected chi connectivity index (χ4v) is 3.80. The van der Waals surface area contributed by atoms with E-state index < -0.39 is 0 Å². The maximum atomic E-state index is 5.81. The fraction of sp³-hybridized carbons (Fsp3) is 0.667. The van der Waals surface area contributed by atoms with E-state index in [-0.39, 0.29) is 5.41 Å². The maximum Gasteiger partial charge on any atom is 0.123 e. The van der Waals surface area contributed by atoms with Gasteiger partial charge in [0.2, 0.25) is 0 Å². The summed E-state index contributed by atoms with van der Waals surface area (Å²) in [5.74, 6) is 1.89. The van der Waals surface area contributed by atoms with Crippen LogP contribution < -0.4 is 10.1 Å². The summed E-state index contributed by atoms with van der Waals surface area (Å²) in [6.45, 7) is 8.61. The second-order valence-corrected chi connectivity index (χ2v) is 7.01. The highest BCUT2D eigenvalue weighted by atomic mass is 16.5. The van der Waals surface area contributed by atoms with Gasteiger partial charge in [0, 0.05) is 17.0 Å². The zero-order valence-corrected chi connectivity index (χ0v) is 13.0. The summed E-state index contributed by atoms with van der Waals surface area (Å²) in [6.07, 6.45) is 5.53. The van der Waals surface area contributed by atoms with Crippen LogP contribution in [0.2, 0.25) is 0 Å². The number of benzene rings is 1. The standard InChI is InChI=1S/C18H27NO/c1-4-19-17(13-7-5-6-8-13)14-9-10-16-15(11-14)18(2,3)12-20-16/h9-11,13,17,19H,4-8,12H2,1-3H3. The Balaban J connectivity index is 1.91. The van der Waals surface area contributed by atoms with Crippen molar-refractivity contribution in [1.82, 2.24) is 5.32 Å². The molecule has 0 saturated heterocycles. The quantitative estimate of drug-likeness (QED) is 0.888. The van der Waals surface area contributed by atoms with Crippen molar-refractivity contribution >= 4 is 0 Å². The van der Waals surface area contributed by atoms with Crippen molar-refractivity contribution in [3.63, 3.8) is 0 Å². The van der Waals surface area contributed by atoms with Crippen LogP contribution in [0.1, 0.15) is 63.6 Å². The van der Waals surface area contributed by atoms with E-state index in [1.54, 1.807) is 0 Å². The Hall–Kier alpha value is -1.02. The molecule has 1 aliphatic carbocycles. The normalized spacial score (nSPS) is 22.6. The van der Waals surface area contributed by atoms with Crippen LogP contribution in [0.25, 0.3) is 0 Å². The molecule has 1 aromatic carbocycles. The topological polar surface area (TPSA) is 21.3 Å². The highest BCUT2D eigenvalue weighted by Gasteiger charge is 2.33. The molecular weight excluding hydrogens is 246 g/mol. The van der Waals surface area contributed by atoms with E-state index in [0.717, 1.165) is 24.8 Å². The first kappa shape index (κ1) is 13.9. The summed E-state index contributed by atoms with van der Waals surface area (Å²) < 4.78 is 5.81. The molecule has 110 valence electrons. The molecule has 1 aromatic rings. The number of hydrogen-bond donors (Lipinski definition) is 1. The van der Waals surface area contributed by atoms with E-state index in [1.165, 1.54) is 36.8 Å². The number of rotatable bonds is 4. The van der Waals surface area contributed by atoms with Gasteiger partial charge >= 0.3 is 0 Å². The Morgan fingerprint density at radius 2 is 2.05 bits per heavy atom. The van der Waals surface area contributed by atoms with Crippen LogP contribution in [-0.2, 0) is 5.41 Å². The summed E-state index contributed by atoms with van der Waals surface area (Å²) >= 11 is 0. The van der Waals surface area contributed by atoms with Crippen molar-refractivity contribution in [2.24, 2.45) is 5.92 Å². The lowest BCUT2D eigenvalue weighted by Gasteiger charge is -2.26. The van der Waals surface area contributed by atoms with Crippen LogP contribution in [0.3, 0.4) is 0 Å². The molecule has 20 heavy (non-hydrogen) atoms. The van der Waals surface area contributed by atoms with Crippen LogP contribution in [0.4, 0.5) is 0 Å². The Kier molecular flexibility index (Phi) is 3.76. The number of hydrogen-bond acceptors (Lipinski definition) is 2. The van der Waals surface area contributed by atoms with Gasteiger partial charge in [-0.3, -0.25) is 0 Å². The predicted octanol–water partition coefficient (Wildman–Crippen LogP) is 4.20. The fourth-order valence-electron chi connectivity index (χ4n) is 3.80. The van der Waals surface area contributed by atoms with Gasteiger partial charge in [-0.25, -0.2) is 0 Å². The van der Waals surface area contributed by atoms with Gasteiger partial charge in [-0.2, -0.15) is 0 Å². The van der Waals surface area contributed by atoms with Crippen molar-refractivity contribution in [3.8, 4) is 5.75 Å². The molecule has 1 fully saturated rings. The summed E-state index contributed by atoms with van der Waals surface area (Å²) in [7, 11) is 0. The van der Waals surface area contributed by atoms with Crippen LogP contribution in [0.15, 0.2) is 18.2 Å². The molecule has 0 amide bonds. The number of nitrogens with one attached hydrogen (secondary N) is 1. The summed E-state index contributed by atoms with van der Waals surface area (Å²) in [5.41, 5.74) is 2.99. The van der Waals surface area contributed by atoms with Gasteiger partial charge in [0.1, 0.15) is 5.75 Å². The Morgan fingerprint density at radius 1 is 1.30 bits per heavy atom. The second kappa shape index (κ2) is 5.40. The summed E-state index contributed by atoms with van der Waals surface area (Å²) in [5, 5.41) is 3.72. The number of fused-ring (bicyclic) bond motifs is 1. The van der Waals surface area contributed by atoms with E-state index in [4.69, 9.17) is 4.74 Å². The third-order valence-electron chi connectivity index (χ3n) is 4.98. The van der Waals surface area contributed by atoms with E-state index in [9.17, 15) is 0 Å². The van der Waals surface area contributed by atoms with Crippen LogP contribution in [0, 0.1) is 5.92 Å². The molecule has 2 heteroatoms. The van der Waals surface area contributed by atoms with Crippen molar-refractivity contribution in [2.75, 3.05) is 13.2 Å². The van der Waals surface area contributed by atoms with E-state index in [2.05, 4.69) is 44.3 Å². The van der Waals surface area contributed by atoms with Crippen molar-refractivity contribution in [3.05, 3.63) is 29.3 Å². The largest absolute Gasteiger partial charge is 0.492 e. The molecule has 1 N–H and O–H groups in total. The maximum absolute atomic E-state index is 5.81. The second-order valence-electron chi connectivity index (χ2n) is 7.01. The molecule has 1 saturated carbocycles. The molecule has 0 spiro atoms. The first-order chi connectivity index (χ1) is 9.62. The Morgan fingerprint density at radius 3 is 2.75 bits per heavy atom. The molecule has 2 nitrogen and oxygen atoms in total. The van der Waals surface area contributed by atoms with E-state index in [1.807, 2.05) is 0 Å². The molecule has 1 aliphatic heterocycles. The first-order valence-electron chi connectivity index (χ1n) is 8.12. The first-order valence-corrected chi connectivity index (χ1v) is 8.12. The highest BCUT2D eigenvalue weighted by Crippen LogP contribution is 2.42. The minimum absolute atomic E-state index is 0.151. The molecule has 1 unspecified atom stereocenters. The van der Waals surface area contributed by atoms with Gasteiger partial charge in [-0.1, -0.05) is 39.7 Å². The van der Waals surface area contributed by atoms with Gasteiger partial charge in [0.25, 0.3) is 0 Å². The monoisotopic (exact) mass is 273 g/mol. The smallest absolute Gasteiger partial charge is 0.123 e. The minimum atomic E-state index is 0.151. The summed E-state index contributed by atoms with van der Waals surface area (Å²) in [6, 6.07) is 7.36. The Labute approximate surface area is 122 Å². The molecule has 0 bridgehead atoms. The van der Waals surface area contributed by atoms with Gasteiger partial charge < -0.3 is 10.1 Å². The SMILES string of the molecule is CCNC(c1ccc2c(c1)C(C)(C)CO2)C1CCCC1. The predicted molar refractivity (Wildman–Crippen MR) is 83.3 cm³/mol. The summed E-state index contributed by atoms with van der Waals surface area (Å²) in [4.78, 5) is 0. The zero-order chi connectivity index (χ0) is 14.2. The van der Waals surface area contributed by atoms with Crippen LogP contribution in [-0.4, -0.2) is 13.2 Å². The average molecular weight is 273 g/mol. The minimum Gasteiger partial charge on any atom is -0.492 e. The van der Waals surface area contributed by atoms with Crippen LogP contribution in [0.5, 0.6) is 5.75 Å². The third kappa shape index (κ3) is 2.46. The molecule has 1 atom stereocenters.